The number of amides is 1. The monoisotopic (exact) mass is 314 g/mol. The molecule has 2 N–H and O–H groups in total. The van der Waals surface area contributed by atoms with Crippen molar-refractivity contribution < 1.29 is 9.53 Å². The molecule has 8 heteroatoms. The highest BCUT2D eigenvalue weighted by molar-refractivity contribution is 5.83. The molecule has 4 heterocycles. The van der Waals surface area contributed by atoms with Crippen LogP contribution in [0.2, 0.25) is 0 Å². The Morgan fingerprint density at radius 1 is 1.35 bits per heavy atom. The molecule has 2 aliphatic rings. The van der Waals surface area contributed by atoms with E-state index in [0.717, 1.165) is 18.4 Å². The van der Waals surface area contributed by atoms with E-state index >= 15 is 0 Å². The van der Waals surface area contributed by atoms with Gasteiger partial charge in [0, 0.05) is 13.1 Å². The number of fused-ring (bicyclic) bond motifs is 1. The van der Waals surface area contributed by atoms with Crippen molar-refractivity contribution >= 4 is 22.9 Å². The predicted molar refractivity (Wildman–Crippen MR) is 83.4 cm³/mol. The molecular formula is C15H18N6O2. The third-order valence-electron chi connectivity index (χ3n) is 4.35. The molecule has 0 aliphatic carbocycles. The summed E-state index contributed by atoms with van der Waals surface area (Å²) in [6.45, 7) is 5.77. The maximum absolute atomic E-state index is 12.3. The topological polar surface area (TPSA) is 99.2 Å². The molecule has 2 atom stereocenters. The zero-order valence-electron chi connectivity index (χ0n) is 12.7. The first-order chi connectivity index (χ1) is 11.1. The lowest BCUT2D eigenvalue weighted by molar-refractivity contribution is -0.144. The van der Waals surface area contributed by atoms with Gasteiger partial charge in [-0.05, 0) is 18.4 Å². The summed E-state index contributed by atoms with van der Waals surface area (Å²) < 4.78 is 7.82. The predicted octanol–water partition coefficient (Wildman–Crippen LogP) is 0.354. The molecule has 0 saturated carbocycles. The number of carbonyl (C=O) groups is 1. The third-order valence-corrected chi connectivity index (χ3v) is 4.35. The lowest BCUT2D eigenvalue weighted by atomic mass is 10.1. The Morgan fingerprint density at radius 2 is 2.17 bits per heavy atom. The summed E-state index contributed by atoms with van der Waals surface area (Å²) in [5, 5.41) is 0. The minimum absolute atomic E-state index is 0.0259. The number of hydrogen-bond donors (Lipinski definition) is 1. The van der Waals surface area contributed by atoms with Crippen LogP contribution in [-0.2, 0) is 16.1 Å². The molecule has 0 bridgehead atoms. The van der Waals surface area contributed by atoms with Crippen molar-refractivity contribution in [3.63, 3.8) is 0 Å². The molecule has 23 heavy (non-hydrogen) atoms. The van der Waals surface area contributed by atoms with E-state index < -0.39 is 0 Å². The van der Waals surface area contributed by atoms with Gasteiger partial charge >= 0.3 is 0 Å². The highest BCUT2D eigenvalue weighted by Gasteiger charge is 2.36. The van der Waals surface area contributed by atoms with Crippen molar-refractivity contribution in [1.29, 1.82) is 0 Å². The van der Waals surface area contributed by atoms with Gasteiger partial charge < -0.3 is 19.9 Å². The summed E-state index contributed by atoms with van der Waals surface area (Å²) in [6.07, 6.45) is 4.33. The van der Waals surface area contributed by atoms with Crippen LogP contribution in [0.25, 0.3) is 11.2 Å². The largest absolute Gasteiger partial charge is 0.382 e. The minimum Gasteiger partial charge on any atom is -0.382 e. The van der Waals surface area contributed by atoms with Gasteiger partial charge in [0.25, 0.3) is 5.91 Å². The molecule has 0 spiro atoms. The SMILES string of the molecule is C=C1CN(C(=O)[C@H]2CC[C@@H](Cn3cnc4c(N)ncnc43)O2)C1. The number of hydrogen-bond acceptors (Lipinski definition) is 6. The maximum atomic E-state index is 12.3. The summed E-state index contributed by atoms with van der Waals surface area (Å²) in [4.78, 5) is 26.5. The number of nitrogens with two attached hydrogens (primary N) is 1. The number of rotatable bonds is 3. The van der Waals surface area contributed by atoms with Crippen LogP contribution in [0.1, 0.15) is 12.8 Å². The van der Waals surface area contributed by atoms with Gasteiger partial charge in [0.05, 0.1) is 19.0 Å². The average Bonchev–Trinajstić information content (AvgIpc) is 3.12. The second-order valence-electron chi connectivity index (χ2n) is 6.10. The van der Waals surface area contributed by atoms with Crippen LogP contribution in [0.15, 0.2) is 24.8 Å². The lowest BCUT2D eigenvalue weighted by Gasteiger charge is -2.35. The highest BCUT2D eigenvalue weighted by Crippen LogP contribution is 2.26. The van der Waals surface area contributed by atoms with E-state index in [4.69, 9.17) is 10.5 Å². The smallest absolute Gasteiger partial charge is 0.252 e. The van der Waals surface area contributed by atoms with Crippen LogP contribution in [-0.4, -0.2) is 55.6 Å². The summed E-state index contributed by atoms with van der Waals surface area (Å²) >= 11 is 0. The van der Waals surface area contributed by atoms with Crippen LogP contribution in [0.4, 0.5) is 5.82 Å². The number of ether oxygens (including phenoxy) is 1. The molecule has 2 saturated heterocycles. The Labute approximate surface area is 133 Å². The van der Waals surface area contributed by atoms with Gasteiger partial charge in [0.1, 0.15) is 17.9 Å². The summed E-state index contributed by atoms with van der Waals surface area (Å²) in [5.74, 6) is 0.439. The molecule has 1 amide bonds. The zero-order chi connectivity index (χ0) is 16.0. The Hall–Kier alpha value is -2.48. The minimum atomic E-state index is -0.345. The van der Waals surface area contributed by atoms with Gasteiger partial charge in [0.2, 0.25) is 0 Å². The van der Waals surface area contributed by atoms with E-state index in [0.29, 0.717) is 36.6 Å². The van der Waals surface area contributed by atoms with E-state index in [1.807, 2.05) is 4.57 Å². The van der Waals surface area contributed by atoms with E-state index in [-0.39, 0.29) is 18.1 Å². The number of likely N-dealkylation sites (tertiary alicyclic amines) is 1. The maximum Gasteiger partial charge on any atom is 0.252 e. The number of imidazole rings is 1. The molecule has 0 unspecified atom stereocenters. The Morgan fingerprint density at radius 3 is 2.96 bits per heavy atom. The molecule has 2 aromatic heterocycles. The van der Waals surface area contributed by atoms with Crippen molar-refractivity contribution in [3.8, 4) is 0 Å². The first-order valence-corrected chi connectivity index (χ1v) is 7.64. The van der Waals surface area contributed by atoms with Gasteiger partial charge in [-0.15, -0.1) is 0 Å². The quantitative estimate of drug-likeness (QED) is 0.821. The second kappa shape index (κ2) is 5.31. The van der Waals surface area contributed by atoms with Crippen molar-refractivity contribution in [2.24, 2.45) is 0 Å². The Bertz CT molecular complexity index is 777. The summed E-state index contributed by atoms with van der Waals surface area (Å²) in [7, 11) is 0. The number of aromatic nitrogens is 4. The molecule has 4 rings (SSSR count). The molecule has 2 aromatic rings. The summed E-state index contributed by atoms with van der Waals surface area (Å²) in [5.41, 5.74) is 8.17. The average molecular weight is 314 g/mol. The van der Waals surface area contributed by atoms with E-state index in [1.54, 1.807) is 11.2 Å². The molecule has 2 fully saturated rings. The molecule has 8 nitrogen and oxygen atoms in total. The first-order valence-electron chi connectivity index (χ1n) is 7.64. The Balaban J connectivity index is 1.43. The van der Waals surface area contributed by atoms with Crippen LogP contribution in [0, 0.1) is 0 Å². The normalized spacial score (nSPS) is 24.2. The van der Waals surface area contributed by atoms with Crippen molar-refractivity contribution in [2.45, 2.75) is 31.6 Å². The van der Waals surface area contributed by atoms with Gasteiger partial charge in [-0.25, -0.2) is 15.0 Å². The molecule has 0 aromatic carbocycles. The first kappa shape index (κ1) is 14.1. The number of nitrogens with zero attached hydrogens (tertiary/aromatic N) is 5. The number of anilines is 1. The van der Waals surface area contributed by atoms with Gasteiger partial charge in [0.15, 0.2) is 11.5 Å². The van der Waals surface area contributed by atoms with E-state index in [2.05, 4.69) is 21.5 Å². The van der Waals surface area contributed by atoms with Crippen molar-refractivity contribution in [3.05, 3.63) is 24.8 Å². The molecule has 0 radical (unpaired) electrons. The highest BCUT2D eigenvalue weighted by atomic mass is 16.5. The lowest BCUT2D eigenvalue weighted by Crippen LogP contribution is -2.48. The van der Waals surface area contributed by atoms with Crippen molar-refractivity contribution in [1.82, 2.24) is 24.4 Å². The Kier molecular flexibility index (Phi) is 3.26. The van der Waals surface area contributed by atoms with Gasteiger partial charge in [-0.3, -0.25) is 4.79 Å². The van der Waals surface area contributed by atoms with Crippen LogP contribution < -0.4 is 5.73 Å². The molecular weight excluding hydrogens is 296 g/mol. The van der Waals surface area contributed by atoms with Gasteiger partial charge in [-0.1, -0.05) is 6.58 Å². The second-order valence-corrected chi connectivity index (χ2v) is 6.10. The molecule has 2 aliphatic heterocycles. The fraction of sp³-hybridized carbons (Fsp3) is 0.467. The fourth-order valence-corrected chi connectivity index (χ4v) is 3.13. The van der Waals surface area contributed by atoms with Crippen LogP contribution >= 0.6 is 0 Å². The van der Waals surface area contributed by atoms with Crippen LogP contribution in [0.3, 0.4) is 0 Å². The number of carbonyl (C=O) groups excluding carboxylic acids is 1. The zero-order valence-corrected chi connectivity index (χ0v) is 12.7. The van der Waals surface area contributed by atoms with E-state index in [1.165, 1.54) is 6.33 Å². The molecule has 120 valence electrons. The fourth-order valence-electron chi connectivity index (χ4n) is 3.13. The summed E-state index contributed by atoms with van der Waals surface area (Å²) in [6, 6.07) is 0. The number of nitrogen functional groups attached to an aromatic ring is 1. The van der Waals surface area contributed by atoms with Crippen molar-refractivity contribution in [2.75, 3.05) is 18.8 Å². The van der Waals surface area contributed by atoms with Gasteiger partial charge in [-0.2, -0.15) is 0 Å². The third kappa shape index (κ3) is 2.44. The van der Waals surface area contributed by atoms with Crippen LogP contribution in [0.5, 0.6) is 0 Å². The standard InChI is InChI=1S/C15H18N6O2/c1-9-4-20(5-9)15(22)11-3-2-10(23-11)6-21-8-19-12-13(16)17-7-18-14(12)21/h7-8,10-11H,1-6H2,(H2,16,17,18)/t10-,11+/m0/s1. The van der Waals surface area contributed by atoms with E-state index in [9.17, 15) is 4.79 Å².